The molecule has 0 aliphatic carbocycles. The van der Waals surface area contributed by atoms with E-state index in [1.54, 1.807) is 24.3 Å². The van der Waals surface area contributed by atoms with E-state index in [9.17, 15) is 19.2 Å². The van der Waals surface area contributed by atoms with E-state index in [4.69, 9.17) is 0 Å². The molecule has 2 heterocycles. The maximum atomic E-state index is 12.4. The number of carbonyl (C=O) groups excluding carboxylic acids is 2. The van der Waals surface area contributed by atoms with Gasteiger partial charge in [-0.2, -0.15) is 0 Å². The molecule has 0 bridgehead atoms. The van der Waals surface area contributed by atoms with Crippen LogP contribution in [0.5, 0.6) is 0 Å². The summed E-state index contributed by atoms with van der Waals surface area (Å²) in [6.45, 7) is -0.200. The number of fused-ring (bicyclic) bond motifs is 1. The smallest absolute Gasteiger partial charge is 0.323 e. The van der Waals surface area contributed by atoms with Crippen LogP contribution in [0.15, 0.2) is 40.1 Å². The fourth-order valence-corrected chi connectivity index (χ4v) is 2.13. The minimum atomic E-state index is -0.799. The van der Waals surface area contributed by atoms with Gasteiger partial charge in [0.2, 0.25) is 5.91 Å². The zero-order valence-corrected chi connectivity index (χ0v) is 10.7. The van der Waals surface area contributed by atoms with E-state index >= 15 is 0 Å². The number of hydrogen-bond donors (Lipinski definition) is 3. The first-order chi connectivity index (χ1) is 10.1. The van der Waals surface area contributed by atoms with Gasteiger partial charge in [-0.25, -0.2) is 4.79 Å². The average molecular weight is 286 g/mol. The standard InChI is InChI=1S/C13H10N4O4/c18-10-6-17(9-4-2-1-3-8(9)15-10)12(20)7-5-14-13(21)16-11(7)19/h1-5H,6H2,(H,15,18)(H2,14,16,19,21). The van der Waals surface area contributed by atoms with Crippen molar-refractivity contribution in [3.8, 4) is 0 Å². The lowest BCUT2D eigenvalue weighted by molar-refractivity contribution is -0.115. The zero-order valence-electron chi connectivity index (χ0n) is 10.7. The van der Waals surface area contributed by atoms with Crippen LogP contribution in [0.4, 0.5) is 11.4 Å². The van der Waals surface area contributed by atoms with Gasteiger partial charge in [0.25, 0.3) is 11.5 Å². The SMILES string of the molecule is O=C1CN(C(=O)c2c[nH]c(=O)[nH]c2=O)c2ccccc2N1. The number of para-hydroxylation sites is 2. The van der Waals surface area contributed by atoms with Gasteiger partial charge >= 0.3 is 5.69 Å². The summed E-state index contributed by atoms with van der Waals surface area (Å²) in [5, 5.41) is 2.64. The van der Waals surface area contributed by atoms with Crippen LogP contribution in [0, 0.1) is 0 Å². The number of benzene rings is 1. The van der Waals surface area contributed by atoms with Crippen molar-refractivity contribution < 1.29 is 9.59 Å². The van der Waals surface area contributed by atoms with E-state index < -0.39 is 17.2 Å². The summed E-state index contributed by atoms with van der Waals surface area (Å²) in [6.07, 6.45) is 1.04. The van der Waals surface area contributed by atoms with Gasteiger partial charge in [0, 0.05) is 6.20 Å². The lowest BCUT2D eigenvalue weighted by Gasteiger charge is -2.28. The van der Waals surface area contributed by atoms with E-state index in [2.05, 4.69) is 10.3 Å². The van der Waals surface area contributed by atoms with Crippen LogP contribution in [-0.2, 0) is 4.79 Å². The Morgan fingerprint density at radius 1 is 1.14 bits per heavy atom. The molecule has 0 spiro atoms. The predicted octanol–water partition coefficient (Wildman–Crippen LogP) is -0.338. The summed E-state index contributed by atoms with van der Waals surface area (Å²) in [4.78, 5) is 52.2. The molecule has 0 atom stereocenters. The van der Waals surface area contributed by atoms with Gasteiger partial charge in [0.05, 0.1) is 11.4 Å². The zero-order chi connectivity index (χ0) is 15.0. The van der Waals surface area contributed by atoms with Crippen LogP contribution >= 0.6 is 0 Å². The Bertz CT molecular complexity index is 851. The largest absolute Gasteiger partial charge is 0.325 e. The Labute approximate surface area is 117 Å². The van der Waals surface area contributed by atoms with E-state index in [-0.39, 0.29) is 18.0 Å². The topological polar surface area (TPSA) is 115 Å². The highest BCUT2D eigenvalue weighted by atomic mass is 16.2. The molecule has 0 fully saturated rings. The predicted molar refractivity (Wildman–Crippen MR) is 74.4 cm³/mol. The van der Waals surface area contributed by atoms with E-state index in [1.165, 1.54) is 4.90 Å². The second-order valence-electron chi connectivity index (χ2n) is 4.44. The van der Waals surface area contributed by atoms with E-state index in [0.29, 0.717) is 11.4 Å². The maximum absolute atomic E-state index is 12.4. The number of aromatic amines is 2. The Balaban J connectivity index is 2.08. The van der Waals surface area contributed by atoms with Gasteiger partial charge in [-0.3, -0.25) is 24.3 Å². The number of nitrogens with zero attached hydrogens (tertiary/aromatic N) is 1. The number of H-pyrrole nitrogens is 2. The molecule has 1 aromatic carbocycles. The summed E-state index contributed by atoms with van der Waals surface area (Å²) in [5.41, 5.74) is -0.754. The molecule has 2 aromatic rings. The number of aromatic nitrogens is 2. The Kier molecular flexibility index (Phi) is 2.90. The first-order valence-electron chi connectivity index (χ1n) is 6.09. The van der Waals surface area contributed by atoms with Gasteiger partial charge in [0.15, 0.2) is 0 Å². The van der Waals surface area contributed by atoms with Crippen molar-refractivity contribution in [2.45, 2.75) is 0 Å². The summed E-state index contributed by atoms with van der Waals surface area (Å²) < 4.78 is 0. The molecular weight excluding hydrogens is 276 g/mol. The Hall–Kier alpha value is -3.16. The number of carbonyl (C=O) groups is 2. The van der Waals surface area contributed by atoms with Crippen LogP contribution in [-0.4, -0.2) is 28.3 Å². The molecule has 2 amide bonds. The third kappa shape index (κ3) is 2.22. The number of hydrogen-bond acceptors (Lipinski definition) is 4. The van der Waals surface area contributed by atoms with Crippen LogP contribution in [0.2, 0.25) is 0 Å². The first-order valence-corrected chi connectivity index (χ1v) is 6.09. The van der Waals surface area contributed by atoms with Crippen molar-refractivity contribution in [2.24, 2.45) is 0 Å². The summed E-state index contributed by atoms with van der Waals surface area (Å²) in [5.74, 6) is -1.02. The van der Waals surface area contributed by atoms with Crippen molar-refractivity contribution >= 4 is 23.2 Å². The average Bonchev–Trinajstić information content (AvgIpc) is 2.45. The van der Waals surface area contributed by atoms with Crippen molar-refractivity contribution in [3.63, 3.8) is 0 Å². The molecule has 3 rings (SSSR count). The second kappa shape index (κ2) is 4.75. The van der Waals surface area contributed by atoms with Crippen molar-refractivity contribution in [2.75, 3.05) is 16.8 Å². The Morgan fingerprint density at radius 2 is 1.90 bits per heavy atom. The summed E-state index contributed by atoms with van der Waals surface area (Å²) >= 11 is 0. The molecule has 0 saturated carbocycles. The van der Waals surface area contributed by atoms with Crippen molar-refractivity contribution in [1.82, 2.24) is 9.97 Å². The van der Waals surface area contributed by atoms with Gasteiger partial charge in [-0.1, -0.05) is 12.1 Å². The van der Waals surface area contributed by atoms with Crippen LogP contribution in [0.1, 0.15) is 10.4 Å². The lowest BCUT2D eigenvalue weighted by Crippen LogP contribution is -2.44. The summed E-state index contributed by atoms with van der Waals surface area (Å²) in [7, 11) is 0. The number of anilines is 2. The van der Waals surface area contributed by atoms with Gasteiger partial charge in [-0.15, -0.1) is 0 Å². The van der Waals surface area contributed by atoms with Gasteiger partial charge in [-0.05, 0) is 12.1 Å². The highest BCUT2D eigenvalue weighted by Gasteiger charge is 2.28. The molecule has 21 heavy (non-hydrogen) atoms. The van der Waals surface area contributed by atoms with Crippen LogP contribution in [0.25, 0.3) is 0 Å². The highest BCUT2D eigenvalue weighted by Crippen LogP contribution is 2.29. The first kappa shape index (κ1) is 12.9. The molecule has 8 nitrogen and oxygen atoms in total. The van der Waals surface area contributed by atoms with E-state index in [1.807, 2.05) is 4.98 Å². The quantitative estimate of drug-likeness (QED) is 0.665. The van der Waals surface area contributed by atoms with Crippen LogP contribution in [0.3, 0.4) is 0 Å². The van der Waals surface area contributed by atoms with E-state index in [0.717, 1.165) is 6.20 Å². The molecule has 3 N–H and O–H groups in total. The minimum absolute atomic E-state index is 0.200. The van der Waals surface area contributed by atoms with Crippen molar-refractivity contribution in [1.29, 1.82) is 0 Å². The Morgan fingerprint density at radius 3 is 2.67 bits per heavy atom. The third-order valence-electron chi connectivity index (χ3n) is 3.07. The van der Waals surface area contributed by atoms with Gasteiger partial charge < -0.3 is 10.3 Å². The van der Waals surface area contributed by atoms with Gasteiger partial charge in [0.1, 0.15) is 12.1 Å². The number of rotatable bonds is 1. The third-order valence-corrected chi connectivity index (χ3v) is 3.07. The molecule has 106 valence electrons. The molecular formula is C13H10N4O4. The molecule has 0 unspecified atom stereocenters. The molecule has 1 aliphatic heterocycles. The number of amides is 2. The molecule has 1 aliphatic rings. The fraction of sp³-hybridized carbons (Fsp3) is 0.0769. The number of nitrogens with one attached hydrogen (secondary N) is 3. The normalized spacial score (nSPS) is 13.5. The second-order valence-corrected chi connectivity index (χ2v) is 4.44. The summed E-state index contributed by atoms with van der Waals surface area (Å²) in [6, 6.07) is 6.75. The molecule has 0 saturated heterocycles. The fourth-order valence-electron chi connectivity index (χ4n) is 2.13. The maximum Gasteiger partial charge on any atom is 0.325 e. The van der Waals surface area contributed by atoms with Crippen molar-refractivity contribution in [3.05, 3.63) is 56.9 Å². The monoisotopic (exact) mass is 286 g/mol. The van der Waals surface area contributed by atoms with Crippen LogP contribution < -0.4 is 21.5 Å². The minimum Gasteiger partial charge on any atom is -0.323 e. The molecule has 1 aromatic heterocycles. The lowest BCUT2D eigenvalue weighted by atomic mass is 10.1. The molecule has 0 radical (unpaired) electrons. The molecule has 8 heteroatoms. The highest BCUT2D eigenvalue weighted by molar-refractivity contribution is 6.14.